The van der Waals surface area contributed by atoms with Crippen molar-refractivity contribution in [2.45, 2.75) is 61.8 Å². The Kier molecular flexibility index (Phi) is 5.62. The number of hydrogen-bond acceptors (Lipinski definition) is 14. The van der Waals surface area contributed by atoms with Crippen molar-refractivity contribution in [3.05, 3.63) is 59.7 Å². The van der Waals surface area contributed by atoms with Gasteiger partial charge in [0.2, 0.25) is 14.6 Å². The van der Waals surface area contributed by atoms with Crippen molar-refractivity contribution >= 4 is 88.0 Å². The number of para-hydroxylation sites is 2. The van der Waals surface area contributed by atoms with Crippen LogP contribution in [0.3, 0.4) is 0 Å². The van der Waals surface area contributed by atoms with Gasteiger partial charge in [0, 0.05) is 25.5 Å². The second-order valence-electron chi connectivity index (χ2n) is 13.5. The van der Waals surface area contributed by atoms with Crippen LogP contribution >= 0.6 is 53.0 Å². The predicted octanol–water partition coefficient (Wildman–Crippen LogP) is 0.951. The lowest BCUT2D eigenvalue weighted by Crippen LogP contribution is -2.77. The number of likely N-dealkylation sites (N-methyl/N-ethyl adjacent to an activating group) is 2. The zero-order valence-electron chi connectivity index (χ0n) is 25.4. The Morgan fingerprint density at radius 2 is 1.19 bits per heavy atom. The maximum atomic E-state index is 14.9. The number of benzene rings is 2. The molecule has 10 aliphatic rings. The molecule has 4 amide bonds. The molecule has 10 atom stereocenters. The molecule has 2 aromatic rings. The molecule has 0 aromatic heterocycles. The molecule has 5 N–H and O–H groups in total. The fourth-order valence-electron chi connectivity index (χ4n) is 9.91. The van der Waals surface area contributed by atoms with E-state index in [2.05, 4.69) is 10.6 Å². The van der Waals surface area contributed by atoms with Gasteiger partial charge in [-0.2, -0.15) is 0 Å². The van der Waals surface area contributed by atoms with Crippen molar-refractivity contribution in [1.29, 1.82) is 0 Å². The van der Waals surface area contributed by atoms with Crippen LogP contribution < -0.4 is 10.6 Å². The van der Waals surface area contributed by atoms with Crippen molar-refractivity contribution < 1.29 is 34.5 Å². The minimum Gasteiger partial charge on any atom is -0.392 e. The van der Waals surface area contributed by atoms with E-state index < -0.39 is 79.2 Å². The number of amides is 4. The molecule has 8 saturated heterocycles. The van der Waals surface area contributed by atoms with Gasteiger partial charge in [-0.1, -0.05) is 47.2 Å². The van der Waals surface area contributed by atoms with Crippen LogP contribution in [-0.4, -0.2) is 123 Å². The lowest BCUT2D eigenvalue weighted by Gasteiger charge is -2.58. The molecule has 0 saturated carbocycles. The number of piperazine rings is 2. The highest BCUT2D eigenvalue weighted by molar-refractivity contribution is 9.10. The largest absolute Gasteiger partial charge is 0.392 e. The summed E-state index contributed by atoms with van der Waals surface area (Å²) >= 11 is 0. The quantitative estimate of drug-likeness (QED) is 0.276. The summed E-state index contributed by atoms with van der Waals surface area (Å²) in [5, 5.41) is 44.5. The van der Waals surface area contributed by atoms with Gasteiger partial charge in [0.15, 0.2) is 4.87 Å². The van der Waals surface area contributed by atoms with Gasteiger partial charge < -0.3 is 35.8 Å². The molecule has 48 heavy (non-hydrogen) atoms. The monoisotopic (exact) mass is 744 g/mol. The molecule has 10 aliphatic heterocycles. The molecule has 2 aromatic carbocycles. The number of nitrogens with zero attached hydrogens (tertiary/aromatic N) is 4. The number of rotatable bonds is 2. The van der Waals surface area contributed by atoms with E-state index in [0.717, 1.165) is 42.2 Å². The number of anilines is 2. The van der Waals surface area contributed by atoms with Gasteiger partial charge in [-0.25, -0.2) is 0 Å². The topological polar surface area (TPSA) is 166 Å². The highest BCUT2D eigenvalue weighted by atomic mass is 33.5. The average Bonchev–Trinajstić information content (AvgIpc) is 3.68. The first kappa shape index (κ1) is 30.4. The Morgan fingerprint density at radius 3 is 1.75 bits per heavy atom. The first-order valence-electron chi connectivity index (χ1n) is 15.2. The van der Waals surface area contributed by atoms with Crippen LogP contribution in [0.5, 0.6) is 0 Å². The number of nitrogens with one attached hydrogen (secondary N) is 2. The number of carbonyl (C=O) groups is 4. The van der Waals surface area contributed by atoms with Crippen molar-refractivity contribution in [1.82, 2.24) is 19.6 Å². The van der Waals surface area contributed by atoms with Gasteiger partial charge in [0.05, 0.1) is 17.4 Å². The summed E-state index contributed by atoms with van der Waals surface area (Å²) in [4.78, 5) is 57.8. The summed E-state index contributed by atoms with van der Waals surface area (Å²) in [6, 6.07) is 14.5. The molecule has 0 radical (unpaired) electrons. The Hall–Kier alpha value is -2.45. The summed E-state index contributed by atoms with van der Waals surface area (Å²) in [6.07, 6.45) is -5.55. The zero-order chi connectivity index (χ0) is 33.6. The van der Waals surface area contributed by atoms with E-state index in [-0.39, 0.29) is 5.91 Å². The van der Waals surface area contributed by atoms with Crippen LogP contribution in [0.1, 0.15) is 18.1 Å². The van der Waals surface area contributed by atoms with Crippen LogP contribution in [-0.2, 0) is 30.0 Å². The number of aliphatic hydroxyl groups excluding tert-OH is 3. The number of aliphatic hydroxyl groups is 3. The van der Waals surface area contributed by atoms with Crippen LogP contribution in [0.15, 0.2) is 48.5 Å². The van der Waals surface area contributed by atoms with Crippen molar-refractivity contribution in [3.63, 3.8) is 0 Å². The Morgan fingerprint density at radius 1 is 0.688 bits per heavy atom. The maximum absolute atomic E-state index is 14.9. The van der Waals surface area contributed by atoms with Crippen LogP contribution in [0, 0.1) is 0 Å². The van der Waals surface area contributed by atoms with Crippen LogP contribution in [0.4, 0.5) is 11.4 Å². The first-order valence-corrected chi connectivity index (χ1v) is 20.9. The summed E-state index contributed by atoms with van der Waals surface area (Å²) in [7, 11) is 8.64. The molecule has 2 spiro atoms. The van der Waals surface area contributed by atoms with Gasteiger partial charge >= 0.3 is 0 Å². The number of hydrogen-bond donors (Lipinski definition) is 5. The van der Waals surface area contributed by atoms with Crippen LogP contribution in [0.2, 0.25) is 0 Å². The lowest BCUT2D eigenvalue weighted by molar-refractivity contribution is -0.168. The molecule has 250 valence electrons. The molecule has 12 rings (SSSR count). The smallest absolute Gasteiger partial charge is 0.265 e. The maximum Gasteiger partial charge on any atom is 0.265 e. The molecular weight excluding hydrogens is 717 g/mol. The minimum atomic E-state index is -1.90. The fourth-order valence-corrected chi connectivity index (χ4v) is 19.3. The van der Waals surface area contributed by atoms with E-state index in [1.807, 2.05) is 36.4 Å². The van der Waals surface area contributed by atoms with Gasteiger partial charge in [0.25, 0.3) is 23.6 Å². The van der Waals surface area contributed by atoms with E-state index in [4.69, 9.17) is 0 Å². The Balaban J connectivity index is 1.35. The van der Waals surface area contributed by atoms with E-state index in [1.54, 1.807) is 26.1 Å². The molecular formula is C30H28N6O7S5. The molecule has 18 heteroatoms. The van der Waals surface area contributed by atoms with Gasteiger partial charge in [0.1, 0.15) is 24.5 Å². The zero-order valence-corrected chi connectivity index (χ0v) is 29.5. The molecule has 13 nitrogen and oxygen atoms in total. The van der Waals surface area contributed by atoms with E-state index >= 15 is 0 Å². The third kappa shape index (κ3) is 2.59. The molecule has 8 fully saturated rings. The summed E-state index contributed by atoms with van der Waals surface area (Å²) in [5.41, 5.74) is -1.16. The third-order valence-electron chi connectivity index (χ3n) is 12.2. The average molecular weight is 745 g/mol. The third-order valence-corrected chi connectivity index (χ3v) is 20.9. The van der Waals surface area contributed by atoms with E-state index in [9.17, 15) is 34.5 Å². The fraction of sp³-hybridized carbons (Fsp3) is 0.467. The van der Waals surface area contributed by atoms with Gasteiger partial charge in [-0.15, -0.1) is 0 Å². The normalized spacial score (nSPS) is 45.8. The van der Waals surface area contributed by atoms with Crippen molar-refractivity contribution in [2.24, 2.45) is 0 Å². The molecule has 4 bridgehead atoms. The van der Waals surface area contributed by atoms with E-state index in [1.165, 1.54) is 37.4 Å². The molecule has 0 unspecified atom stereocenters. The summed E-state index contributed by atoms with van der Waals surface area (Å²) in [5.74, 6) is -1.96. The highest BCUT2D eigenvalue weighted by Crippen LogP contribution is 2.78. The lowest BCUT2D eigenvalue weighted by atomic mass is 9.52. The number of carbonyl (C=O) groups excluding carboxylic acids is 4. The van der Waals surface area contributed by atoms with Gasteiger partial charge in [-0.3, -0.25) is 29.0 Å². The van der Waals surface area contributed by atoms with Crippen molar-refractivity contribution in [3.8, 4) is 0 Å². The second-order valence-corrected chi connectivity index (χ2v) is 20.7. The predicted molar refractivity (Wildman–Crippen MR) is 184 cm³/mol. The number of fused-ring (bicyclic) bond motifs is 12. The first-order chi connectivity index (χ1) is 22.9. The Bertz CT molecular complexity index is 1940. The molecule has 0 aliphatic carbocycles. The Labute approximate surface area is 293 Å². The SMILES string of the molecule is CN1C(=O)[C@]23SS[C@@]1(C)C(=O)N2[C@H]1Nc2ccccc2[C@@]1([C@@]12c4ccccc4N[C@@H]1N1C(=O)[C@]4(CO)SSS[C@]1(C(=O)N4C)[C@H]2O)[C@@H]3O. The standard InChI is InChI=1S/C30H28N6O7S5/c1-25-21(40)35-19-27(13-8-4-6-10-15(13)31-19,17(38)29(35,46-44-25)23(42)33(25)2)28-14-9-5-7-11-16(14)32-20(28)36-22(41)26(12-37)34(3)24(43)30(36,18(28)39)47-48-45-26/h4-11,17-20,31-32,37-39H,12H2,1-3H3/t17-,18-,19+,20+,25-,26-,27+,28+,29-,30-/m0/s1. The van der Waals surface area contributed by atoms with Crippen LogP contribution in [0.25, 0.3) is 0 Å². The van der Waals surface area contributed by atoms with E-state index in [0.29, 0.717) is 22.5 Å². The van der Waals surface area contributed by atoms with Gasteiger partial charge in [-0.05, 0) is 72.4 Å². The second kappa shape index (κ2) is 8.88. The van der Waals surface area contributed by atoms with Crippen molar-refractivity contribution in [2.75, 3.05) is 31.3 Å². The minimum absolute atomic E-state index is 0.375. The summed E-state index contributed by atoms with van der Waals surface area (Å²) in [6.45, 7) is 1.02. The molecule has 10 heterocycles. The highest BCUT2D eigenvalue weighted by Gasteiger charge is 2.92. The summed E-state index contributed by atoms with van der Waals surface area (Å²) < 4.78 is 0.